The number of ether oxygens (including phenoxy) is 2. The van der Waals surface area contributed by atoms with E-state index in [1.807, 2.05) is 11.8 Å². The molecule has 44 heavy (non-hydrogen) atoms. The molecule has 244 valence electrons. The lowest BCUT2D eigenvalue weighted by Gasteiger charge is -2.50. The zero-order chi connectivity index (χ0) is 30.9. The fourth-order valence-corrected chi connectivity index (χ4v) is 8.39. The highest BCUT2D eigenvalue weighted by Gasteiger charge is 2.62. The van der Waals surface area contributed by atoms with E-state index in [9.17, 15) is 14.4 Å². The van der Waals surface area contributed by atoms with Gasteiger partial charge < -0.3 is 29.9 Å². The van der Waals surface area contributed by atoms with Gasteiger partial charge in [0.1, 0.15) is 4.88 Å². The van der Waals surface area contributed by atoms with Crippen molar-refractivity contribution < 1.29 is 23.9 Å². The fourth-order valence-electron chi connectivity index (χ4n) is 7.80. The summed E-state index contributed by atoms with van der Waals surface area (Å²) in [5.41, 5.74) is 1.25. The molecule has 2 saturated carbocycles. The Morgan fingerprint density at radius 3 is 2.50 bits per heavy atom. The summed E-state index contributed by atoms with van der Waals surface area (Å²) in [7, 11) is 0. The molecule has 0 aromatic carbocycles. The largest absolute Gasteiger partial charge is 0.376 e. The third-order valence-corrected chi connectivity index (χ3v) is 11.8. The number of nitrogens with zero attached hydrogens (tertiary/aromatic N) is 3. The van der Waals surface area contributed by atoms with Crippen molar-refractivity contribution in [2.24, 2.45) is 28.6 Å². The molecule has 2 aliphatic carbocycles. The minimum Gasteiger partial charge on any atom is -0.376 e. The van der Waals surface area contributed by atoms with E-state index in [0.717, 1.165) is 32.4 Å². The SMILES string of the molecule is C[C@@H](OCC1CCCCC1)[C@@H](COC1CCCNC1)NC(=O)[C@@H]1CN(C(=O)c2cncs2)CC12CN(C(=O)[C@H]1CC1(C)C)C2. The first-order valence-electron chi connectivity index (χ1n) is 16.9. The Hall–Kier alpha value is -2.08. The Labute approximate surface area is 266 Å². The van der Waals surface area contributed by atoms with Crippen LogP contribution in [0.25, 0.3) is 0 Å². The van der Waals surface area contributed by atoms with Crippen LogP contribution in [0.4, 0.5) is 0 Å². The number of hydrogen-bond acceptors (Lipinski definition) is 8. The van der Waals surface area contributed by atoms with Crippen LogP contribution in [-0.4, -0.2) is 103 Å². The summed E-state index contributed by atoms with van der Waals surface area (Å²) in [6.07, 6.45) is 10.7. The van der Waals surface area contributed by atoms with Crippen molar-refractivity contribution >= 4 is 29.1 Å². The maximum Gasteiger partial charge on any atom is 0.265 e. The maximum atomic E-state index is 14.2. The molecule has 3 saturated heterocycles. The van der Waals surface area contributed by atoms with E-state index in [1.54, 1.807) is 16.6 Å². The summed E-state index contributed by atoms with van der Waals surface area (Å²) in [6.45, 7) is 11.0. The molecule has 1 unspecified atom stereocenters. The van der Waals surface area contributed by atoms with E-state index in [1.165, 1.54) is 43.4 Å². The van der Waals surface area contributed by atoms with E-state index >= 15 is 0 Å². The van der Waals surface area contributed by atoms with Gasteiger partial charge in [-0.3, -0.25) is 19.4 Å². The van der Waals surface area contributed by atoms with Crippen LogP contribution >= 0.6 is 11.3 Å². The lowest BCUT2D eigenvalue weighted by Crippen LogP contribution is -2.65. The normalized spacial score (nSPS) is 29.2. The molecule has 5 atom stereocenters. The highest BCUT2D eigenvalue weighted by atomic mass is 32.1. The third-order valence-electron chi connectivity index (χ3n) is 11.0. The van der Waals surface area contributed by atoms with Crippen molar-refractivity contribution in [3.8, 4) is 0 Å². The highest BCUT2D eigenvalue weighted by Crippen LogP contribution is 2.54. The number of thiazole rings is 1. The van der Waals surface area contributed by atoms with E-state index in [-0.39, 0.29) is 47.3 Å². The first-order chi connectivity index (χ1) is 21.1. The number of carbonyl (C=O) groups excluding carboxylic acids is 3. The van der Waals surface area contributed by atoms with E-state index in [0.29, 0.717) is 50.2 Å². The maximum absolute atomic E-state index is 14.2. The molecule has 1 aromatic rings. The van der Waals surface area contributed by atoms with E-state index in [4.69, 9.17) is 9.47 Å². The molecule has 6 rings (SSSR count). The van der Waals surface area contributed by atoms with Crippen LogP contribution in [0.5, 0.6) is 0 Å². The molecule has 3 amide bonds. The predicted octanol–water partition coefficient (Wildman–Crippen LogP) is 3.33. The number of hydrogen-bond donors (Lipinski definition) is 2. The highest BCUT2D eigenvalue weighted by molar-refractivity contribution is 7.11. The van der Waals surface area contributed by atoms with Crippen molar-refractivity contribution in [1.82, 2.24) is 25.4 Å². The van der Waals surface area contributed by atoms with Crippen LogP contribution in [0.3, 0.4) is 0 Å². The second-order valence-electron chi connectivity index (χ2n) is 14.9. The van der Waals surface area contributed by atoms with Crippen molar-refractivity contribution in [2.45, 2.75) is 90.4 Å². The average molecular weight is 630 g/mol. The van der Waals surface area contributed by atoms with Crippen molar-refractivity contribution in [1.29, 1.82) is 0 Å². The summed E-state index contributed by atoms with van der Waals surface area (Å²) in [6, 6.07) is -0.304. The second-order valence-corrected chi connectivity index (χ2v) is 15.8. The molecule has 4 heterocycles. The van der Waals surface area contributed by atoms with Crippen LogP contribution in [0, 0.1) is 28.6 Å². The van der Waals surface area contributed by atoms with Crippen LogP contribution < -0.4 is 10.6 Å². The summed E-state index contributed by atoms with van der Waals surface area (Å²) in [5.74, 6) is 0.229. The van der Waals surface area contributed by atoms with Crippen LogP contribution in [0.2, 0.25) is 0 Å². The minimum absolute atomic E-state index is 0.0509. The van der Waals surface area contributed by atoms with Crippen LogP contribution in [0.1, 0.15) is 81.8 Å². The summed E-state index contributed by atoms with van der Waals surface area (Å²) in [4.78, 5) is 49.2. The average Bonchev–Trinajstić information content (AvgIpc) is 3.38. The minimum atomic E-state index is -0.454. The van der Waals surface area contributed by atoms with Gasteiger partial charge in [-0.05, 0) is 56.9 Å². The van der Waals surface area contributed by atoms with Crippen molar-refractivity contribution in [3.05, 3.63) is 16.6 Å². The van der Waals surface area contributed by atoms with Crippen LogP contribution in [-0.2, 0) is 19.1 Å². The standard InChI is InChI=1S/C33H51N5O5S/c1-22(42-16-23-8-5-4-6-9-23)27(17-43-24-10-7-11-34-13-24)36-29(39)26-15-37(31(41)28-14-35-21-44-28)18-33(26)19-38(20-33)30(40)25-12-32(25,2)3/h14,21-27,34H,4-13,15-20H2,1-3H3,(H,36,39)/t22-,24?,25-,26+,27-/m1/s1. The number of nitrogens with one attached hydrogen (secondary N) is 2. The number of piperidine rings is 1. The van der Waals surface area contributed by atoms with Crippen molar-refractivity contribution in [3.63, 3.8) is 0 Å². The van der Waals surface area contributed by atoms with Gasteiger partial charge in [-0.1, -0.05) is 33.1 Å². The number of amides is 3. The van der Waals surface area contributed by atoms with Gasteiger partial charge in [0.05, 0.1) is 42.5 Å². The molecule has 1 spiro atoms. The third kappa shape index (κ3) is 7.00. The quantitative estimate of drug-likeness (QED) is 0.386. The van der Waals surface area contributed by atoms with Crippen LogP contribution in [0.15, 0.2) is 11.7 Å². The van der Waals surface area contributed by atoms with Gasteiger partial charge in [0.25, 0.3) is 5.91 Å². The molecule has 0 bridgehead atoms. The Kier molecular flexibility index (Phi) is 9.67. The molecule has 3 aliphatic heterocycles. The van der Waals surface area contributed by atoms with Gasteiger partial charge in [0, 0.05) is 50.7 Å². The Morgan fingerprint density at radius 1 is 1.09 bits per heavy atom. The monoisotopic (exact) mass is 629 g/mol. The lowest BCUT2D eigenvalue weighted by molar-refractivity contribution is -0.152. The molecule has 1 aromatic heterocycles. The molecule has 5 fully saturated rings. The summed E-state index contributed by atoms with van der Waals surface area (Å²) in [5, 5.41) is 6.74. The lowest BCUT2D eigenvalue weighted by atomic mass is 9.70. The van der Waals surface area contributed by atoms with E-state index in [2.05, 4.69) is 29.5 Å². The van der Waals surface area contributed by atoms with Gasteiger partial charge in [0.15, 0.2) is 0 Å². The molecule has 11 heteroatoms. The molecule has 5 aliphatic rings. The first-order valence-corrected chi connectivity index (χ1v) is 17.7. The summed E-state index contributed by atoms with van der Waals surface area (Å²) >= 11 is 1.32. The first kappa shape index (κ1) is 31.9. The molecule has 0 radical (unpaired) electrons. The van der Waals surface area contributed by atoms with Gasteiger partial charge in [-0.15, -0.1) is 11.3 Å². The Bertz CT molecular complexity index is 1160. The van der Waals surface area contributed by atoms with Gasteiger partial charge in [0.2, 0.25) is 11.8 Å². The summed E-state index contributed by atoms with van der Waals surface area (Å²) < 4.78 is 12.8. The van der Waals surface area contributed by atoms with Gasteiger partial charge in [-0.2, -0.15) is 0 Å². The number of likely N-dealkylation sites (tertiary alicyclic amines) is 2. The molecular weight excluding hydrogens is 578 g/mol. The van der Waals surface area contributed by atoms with E-state index < -0.39 is 11.3 Å². The molecular formula is C33H51N5O5S. The molecule has 10 nitrogen and oxygen atoms in total. The smallest absolute Gasteiger partial charge is 0.265 e. The van der Waals surface area contributed by atoms with Crippen molar-refractivity contribution in [2.75, 3.05) is 52.5 Å². The van der Waals surface area contributed by atoms with Gasteiger partial charge >= 0.3 is 0 Å². The topological polar surface area (TPSA) is 113 Å². The predicted molar refractivity (Wildman–Crippen MR) is 168 cm³/mol. The molecule has 2 N–H and O–H groups in total. The number of rotatable bonds is 11. The second kappa shape index (κ2) is 13.3. The zero-order valence-electron chi connectivity index (χ0n) is 26.7. The van der Waals surface area contributed by atoms with Gasteiger partial charge in [-0.25, -0.2) is 0 Å². The number of aromatic nitrogens is 1. The fraction of sp³-hybridized carbons (Fsp3) is 0.818. The number of carbonyl (C=O) groups is 3. The Morgan fingerprint density at radius 2 is 1.84 bits per heavy atom. The Balaban J connectivity index is 1.14. The zero-order valence-corrected chi connectivity index (χ0v) is 27.5.